The summed E-state index contributed by atoms with van der Waals surface area (Å²) in [5, 5.41) is 13.9. The third kappa shape index (κ3) is 430. The topological polar surface area (TPSA) is 110 Å². The van der Waals surface area contributed by atoms with E-state index < -0.39 is 12.2 Å². The summed E-state index contributed by atoms with van der Waals surface area (Å²) < 4.78 is 4.18. The molecule has 0 bridgehead atoms. The maximum absolute atomic E-state index is 9.60. The largest absolute Gasteiger partial charge is 0.503 e. The fourth-order valence-electron chi connectivity index (χ4n) is 0.142. The molecule has 0 aromatic rings. The molecule has 0 aliphatic rings. The molecule has 0 aliphatic heterocycles. The van der Waals surface area contributed by atoms with Crippen LogP contribution in [0.15, 0.2) is 12.7 Å². The van der Waals surface area contributed by atoms with Crippen molar-refractivity contribution in [2.24, 2.45) is 5.73 Å². The molecule has 0 atom stereocenters. The number of allylic oxidation sites excluding steroid dienone is 1. The highest BCUT2D eigenvalue weighted by atomic mass is 16.6. The molecule has 0 aliphatic carbocycles. The zero-order chi connectivity index (χ0) is 11.3. The molecule has 0 saturated carbocycles. The zero-order valence-corrected chi connectivity index (χ0v) is 7.69. The molecule has 0 fully saturated rings. The van der Waals surface area contributed by atoms with Crippen LogP contribution >= 0.6 is 0 Å². The number of ether oxygens (including phenoxy) is 1. The summed E-state index contributed by atoms with van der Waals surface area (Å²) in [5.41, 5.74) is 4.54. The first-order valence-corrected chi connectivity index (χ1v) is 3.33. The maximum atomic E-state index is 9.60. The van der Waals surface area contributed by atoms with Crippen LogP contribution in [0.5, 0.6) is 0 Å². The molecular weight excluding hydrogens is 178 g/mol. The van der Waals surface area contributed by atoms with Gasteiger partial charge in [0.2, 0.25) is 0 Å². The molecule has 0 aromatic heterocycles. The van der Waals surface area contributed by atoms with E-state index in [1.165, 1.54) is 0 Å². The Balaban J connectivity index is -0.000000125. The predicted octanol–water partition coefficient (Wildman–Crippen LogP) is 1.52. The van der Waals surface area contributed by atoms with Gasteiger partial charge < -0.3 is 20.7 Å². The maximum Gasteiger partial charge on any atom is 0.503 e. The molecule has 0 rings (SSSR count). The van der Waals surface area contributed by atoms with E-state index in [2.05, 4.69) is 17.0 Å². The standard InChI is InChI=1S/C3H7NO2.C3H6.CH2O3/c1-2-6-3(4)5;1-3-2;2-1(3)4/h2H2,1H3,(H2,4,5);3H,1H2,2H3;(H2,2,3,4). The number of hydrogen-bond donors (Lipinski definition) is 3. The first-order chi connectivity index (χ1) is 5.92. The lowest BCUT2D eigenvalue weighted by atomic mass is 10.8. The Hall–Kier alpha value is -1.72. The Morgan fingerprint density at radius 3 is 1.77 bits per heavy atom. The smallest absolute Gasteiger partial charge is 0.450 e. The lowest BCUT2D eigenvalue weighted by Crippen LogP contribution is -2.11. The van der Waals surface area contributed by atoms with Crippen molar-refractivity contribution in [3.63, 3.8) is 0 Å². The fourth-order valence-corrected chi connectivity index (χ4v) is 0.142. The highest BCUT2D eigenvalue weighted by Gasteiger charge is 1.82. The van der Waals surface area contributed by atoms with Gasteiger partial charge in [0.05, 0.1) is 6.61 Å². The lowest BCUT2D eigenvalue weighted by Gasteiger charge is -1.89. The van der Waals surface area contributed by atoms with Gasteiger partial charge in [-0.2, -0.15) is 0 Å². The van der Waals surface area contributed by atoms with Gasteiger partial charge in [0.1, 0.15) is 0 Å². The van der Waals surface area contributed by atoms with Crippen molar-refractivity contribution in [3.8, 4) is 0 Å². The summed E-state index contributed by atoms with van der Waals surface area (Å²) in [5.74, 6) is 0. The second-order valence-corrected chi connectivity index (χ2v) is 1.44. The number of carbonyl (C=O) groups excluding carboxylic acids is 1. The molecule has 78 valence electrons. The quantitative estimate of drug-likeness (QED) is 0.547. The van der Waals surface area contributed by atoms with E-state index in [1.807, 2.05) is 6.92 Å². The zero-order valence-electron chi connectivity index (χ0n) is 7.69. The van der Waals surface area contributed by atoms with Crippen molar-refractivity contribution >= 4 is 12.2 Å². The summed E-state index contributed by atoms with van der Waals surface area (Å²) in [6, 6.07) is 0. The normalized spacial score (nSPS) is 6.31. The Morgan fingerprint density at radius 1 is 1.54 bits per heavy atom. The average Bonchev–Trinajstić information content (AvgIpc) is 1.86. The third-order valence-corrected chi connectivity index (χ3v) is 0.287. The van der Waals surface area contributed by atoms with Gasteiger partial charge >= 0.3 is 12.2 Å². The van der Waals surface area contributed by atoms with Crippen molar-refractivity contribution in [2.45, 2.75) is 13.8 Å². The van der Waals surface area contributed by atoms with Crippen molar-refractivity contribution < 1.29 is 24.5 Å². The van der Waals surface area contributed by atoms with E-state index in [4.69, 9.17) is 15.0 Å². The number of amides is 1. The minimum Gasteiger partial charge on any atom is -0.450 e. The first kappa shape index (κ1) is 17.4. The summed E-state index contributed by atoms with van der Waals surface area (Å²) in [7, 11) is 0. The fraction of sp³-hybridized carbons (Fsp3) is 0.429. The molecule has 6 heteroatoms. The van der Waals surface area contributed by atoms with Gasteiger partial charge in [0.25, 0.3) is 0 Å². The SMILES string of the molecule is C=CC.CCOC(N)=O.O=C(O)O. The molecule has 0 aromatic carbocycles. The van der Waals surface area contributed by atoms with Crippen molar-refractivity contribution in [2.75, 3.05) is 6.61 Å². The molecule has 0 unspecified atom stereocenters. The molecule has 0 saturated heterocycles. The van der Waals surface area contributed by atoms with Gasteiger partial charge in [-0.05, 0) is 13.8 Å². The Labute approximate surface area is 76.6 Å². The number of hydrogen-bond acceptors (Lipinski definition) is 3. The minimum absolute atomic E-state index is 0.356. The van der Waals surface area contributed by atoms with E-state index in [9.17, 15) is 4.79 Å². The molecule has 13 heavy (non-hydrogen) atoms. The van der Waals surface area contributed by atoms with Crippen LogP contribution in [-0.4, -0.2) is 29.1 Å². The summed E-state index contributed by atoms with van der Waals surface area (Å²) in [6.07, 6.45) is -0.794. The van der Waals surface area contributed by atoms with Crippen molar-refractivity contribution in [1.82, 2.24) is 0 Å². The van der Waals surface area contributed by atoms with E-state index in [0.717, 1.165) is 0 Å². The molecule has 0 heterocycles. The molecular formula is C7H15NO5. The summed E-state index contributed by atoms with van der Waals surface area (Å²) in [6.45, 7) is 7.31. The summed E-state index contributed by atoms with van der Waals surface area (Å²) >= 11 is 0. The number of nitrogens with two attached hydrogens (primary N) is 1. The number of rotatable bonds is 1. The third-order valence-electron chi connectivity index (χ3n) is 0.287. The average molecular weight is 193 g/mol. The van der Waals surface area contributed by atoms with Gasteiger partial charge in [0, 0.05) is 0 Å². The van der Waals surface area contributed by atoms with Gasteiger partial charge in [-0.15, -0.1) is 6.58 Å². The van der Waals surface area contributed by atoms with Crippen LogP contribution in [0.25, 0.3) is 0 Å². The number of primary amides is 1. The number of carboxylic acid groups (broad SMARTS) is 2. The second-order valence-electron chi connectivity index (χ2n) is 1.44. The van der Waals surface area contributed by atoms with Gasteiger partial charge in [-0.1, -0.05) is 6.08 Å². The highest BCUT2D eigenvalue weighted by molar-refractivity contribution is 5.64. The summed E-state index contributed by atoms with van der Waals surface area (Å²) in [4.78, 5) is 18.2. The van der Waals surface area contributed by atoms with E-state index in [0.29, 0.717) is 6.61 Å². The molecule has 6 nitrogen and oxygen atoms in total. The van der Waals surface area contributed by atoms with E-state index >= 15 is 0 Å². The van der Waals surface area contributed by atoms with Crippen LogP contribution in [0.2, 0.25) is 0 Å². The Kier molecular flexibility index (Phi) is 22.3. The highest BCUT2D eigenvalue weighted by Crippen LogP contribution is 1.66. The molecule has 1 amide bonds. The van der Waals surface area contributed by atoms with Crippen LogP contribution in [0.3, 0.4) is 0 Å². The molecule has 0 spiro atoms. The van der Waals surface area contributed by atoms with Crippen molar-refractivity contribution in [1.29, 1.82) is 0 Å². The van der Waals surface area contributed by atoms with Crippen LogP contribution < -0.4 is 5.73 Å². The number of carbonyl (C=O) groups is 2. The lowest BCUT2D eigenvalue weighted by molar-refractivity contribution is 0.136. The van der Waals surface area contributed by atoms with Crippen LogP contribution in [0.4, 0.5) is 9.59 Å². The van der Waals surface area contributed by atoms with Crippen LogP contribution in [0.1, 0.15) is 13.8 Å². The predicted molar refractivity (Wildman–Crippen MR) is 47.7 cm³/mol. The van der Waals surface area contributed by atoms with Gasteiger partial charge in [-0.25, -0.2) is 9.59 Å². The Bertz CT molecular complexity index is 142. The molecule has 4 N–H and O–H groups in total. The van der Waals surface area contributed by atoms with Gasteiger partial charge in [0.15, 0.2) is 0 Å². The van der Waals surface area contributed by atoms with E-state index in [-0.39, 0.29) is 0 Å². The first-order valence-electron chi connectivity index (χ1n) is 3.33. The Morgan fingerprint density at radius 2 is 1.77 bits per heavy atom. The van der Waals surface area contributed by atoms with Crippen LogP contribution in [0, 0.1) is 0 Å². The minimum atomic E-state index is -1.83. The van der Waals surface area contributed by atoms with Crippen molar-refractivity contribution in [3.05, 3.63) is 12.7 Å². The molecule has 0 radical (unpaired) electrons. The second kappa shape index (κ2) is 16.7. The van der Waals surface area contributed by atoms with Gasteiger partial charge in [-0.3, -0.25) is 0 Å². The van der Waals surface area contributed by atoms with Crippen LogP contribution in [-0.2, 0) is 4.74 Å². The van der Waals surface area contributed by atoms with E-state index in [1.54, 1.807) is 13.0 Å². The monoisotopic (exact) mass is 193 g/mol.